The number of ether oxygens (including phenoxy) is 3. The van der Waals surface area contributed by atoms with E-state index in [2.05, 4.69) is 18.7 Å². The largest absolute Gasteiger partial charge is 0.494 e. The van der Waals surface area contributed by atoms with E-state index in [1.165, 1.54) is 23.8 Å². The van der Waals surface area contributed by atoms with Crippen LogP contribution in [-0.2, 0) is 15.9 Å². The van der Waals surface area contributed by atoms with Crippen LogP contribution in [0.3, 0.4) is 0 Å². The Morgan fingerprint density at radius 2 is 2.21 bits per heavy atom. The van der Waals surface area contributed by atoms with Crippen molar-refractivity contribution >= 4 is 0 Å². The van der Waals surface area contributed by atoms with Gasteiger partial charge in [0.1, 0.15) is 11.9 Å². The van der Waals surface area contributed by atoms with Crippen molar-refractivity contribution in [3.63, 3.8) is 0 Å². The summed E-state index contributed by atoms with van der Waals surface area (Å²) in [6, 6.07) is 6.25. The van der Waals surface area contributed by atoms with Crippen LogP contribution in [0.1, 0.15) is 42.9 Å². The molecule has 0 spiro atoms. The van der Waals surface area contributed by atoms with E-state index in [0.717, 1.165) is 38.0 Å². The number of hydrogen-bond acceptors (Lipinski definition) is 3. The number of benzene rings is 1. The van der Waals surface area contributed by atoms with E-state index in [0.29, 0.717) is 0 Å². The molecule has 1 heterocycles. The molecule has 0 amide bonds. The molecule has 0 N–H and O–H groups in total. The first-order valence-corrected chi connectivity index (χ1v) is 7.04. The van der Waals surface area contributed by atoms with Crippen molar-refractivity contribution in [3.8, 4) is 5.75 Å². The van der Waals surface area contributed by atoms with Gasteiger partial charge in [0.15, 0.2) is 6.29 Å². The maximum Gasteiger partial charge on any atom is 0.199 e. The van der Waals surface area contributed by atoms with Crippen molar-refractivity contribution in [1.29, 1.82) is 0 Å². The minimum atomic E-state index is -0.0755. The Kier molecular flexibility index (Phi) is 3.74. The molecule has 3 heteroatoms. The lowest BCUT2D eigenvalue weighted by Gasteiger charge is -2.23. The van der Waals surface area contributed by atoms with Crippen LogP contribution < -0.4 is 4.74 Å². The number of rotatable bonds is 4. The Morgan fingerprint density at radius 1 is 1.26 bits per heavy atom. The predicted octanol–water partition coefficient (Wildman–Crippen LogP) is 3.74. The van der Waals surface area contributed by atoms with E-state index in [1.807, 2.05) is 6.07 Å². The molecule has 0 saturated carbocycles. The van der Waals surface area contributed by atoms with E-state index in [1.54, 1.807) is 0 Å². The van der Waals surface area contributed by atoms with E-state index in [-0.39, 0.29) is 12.4 Å². The average molecular weight is 260 g/mol. The standard InChI is InChI=1S/C16H20O3/c1-2-17-15-9-6-12-11-13(7-8-14(12)15)19-16-5-3-4-10-18-16/h2,7-8,11,15-16H,1,3-6,9-10H2. The molecule has 1 aromatic rings. The molecule has 1 fully saturated rings. The highest BCUT2D eigenvalue weighted by Gasteiger charge is 2.24. The molecule has 3 rings (SSSR count). The molecule has 0 radical (unpaired) electrons. The first-order chi connectivity index (χ1) is 9.36. The van der Waals surface area contributed by atoms with Crippen LogP contribution in [0.4, 0.5) is 0 Å². The lowest BCUT2D eigenvalue weighted by atomic mass is 10.1. The van der Waals surface area contributed by atoms with E-state index in [9.17, 15) is 0 Å². The second-order valence-corrected chi connectivity index (χ2v) is 5.10. The SMILES string of the molecule is C=COC1CCc2cc(OC3CCCCO3)ccc21. The highest BCUT2D eigenvalue weighted by molar-refractivity contribution is 5.40. The molecular weight excluding hydrogens is 240 g/mol. The number of fused-ring (bicyclic) bond motifs is 1. The van der Waals surface area contributed by atoms with Crippen molar-refractivity contribution in [2.24, 2.45) is 0 Å². The lowest BCUT2D eigenvalue weighted by molar-refractivity contribution is -0.105. The van der Waals surface area contributed by atoms with Gasteiger partial charge in [0.05, 0.1) is 12.9 Å². The smallest absolute Gasteiger partial charge is 0.199 e. The van der Waals surface area contributed by atoms with Crippen molar-refractivity contribution < 1.29 is 14.2 Å². The number of hydrogen-bond donors (Lipinski definition) is 0. The summed E-state index contributed by atoms with van der Waals surface area (Å²) in [5.41, 5.74) is 2.58. The highest BCUT2D eigenvalue weighted by Crippen LogP contribution is 2.36. The van der Waals surface area contributed by atoms with Crippen molar-refractivity contribution in [1.82, 2.24) is 0 Å². The molecule has 2 unspecified atom stereocenters. The molecule has 1 aliphatic heterocycles. The Bertz CT molecular complexity index is 449. The molecule has 1 aromatic carbocycles. The van der Waals surface area contributed by atoms with Crippen LogP contribution >= 0.6 is 0 Å². The third kappa shape index (κ3) is 2.76. The summed E-state index contributed by atoms with van der Waals surface area (Å²) in [6.07, 6.45) is 6.98. The summed E-state index contributed by atoms with van der Waals surface area (Å²) in [4.78, 5) is 0. The molecule has 0 aromatic heterocycles. The fourth-order valence-corrected chi connectivity index (χ4v) is 2.84. The zero-order chi connectivity index (χ0) is 13.1. The van der Waals surface area contributed by atoms with Gasteiger partial charge in [-0.05, 0) is 48.9 Å². The first-order valence-electron chi connectivity index (χ1n) is 7.04. The second kappa shape index (κ2) is 5.66. The summed E-state index contributed by atoms with van der Waals surface area (Å²) in [5, 5.41) is 0. The Morgan fingerprint density at radius 3 is 3.00 bits per heavy atom. The first kappa shape index (κ1) is 12.5. The van der Waals surface area contributed by atoms with Gasteiger partial charge in [-0.25, -0.2) is 0 Å². The van der Waals surface area contributed by atoms with Gasteiger partial charge >= 0.3 is 0 Å². The summed E-state index contributed by atoms with van der Waals surface area (Å²) in [5.74, 6) is 0.907. The average Bonchev–Trinajstić information content (AvgIpc) is 2.83. The summed E-state index contributed by atoms with van der Waals surface area (Å²) < 4.78 is 17.0. The molecule has 1 aliphatic carbocycles. The normalized spacial score (nSPS) is 25.7. The molecule has 2 atom stereocenters. The van der Waals surface area contributed by atoms with Crippen LogP contribution in [0.15, 0.2) is 31.0 Å². The van der Waals surface area contributed by atoms with Crippen molar-refractivity contribution in [2.45, 2.75) is 44.5 Å². The van der Waals surface area contributed by atoms with Crippen LogP contribution in [0, 0.1) is 0 Å². The topological polar surface area (TPSA) is 27.7 Å². The molecular formula is C16H20O3. The highest BCUT2D eigenvalue weighted by atomic mass is 16.7. The molecule has 102 valence electrons. The van der Waals surface area contributed by atoms with Crippen LogP contribution in [-0.4, -0.2) is 12.9 Å². The minimum Gasteiger partial charge on any atom is -0.494 e. The van der Waals surface area contributed by atoms with Crippen molar-refractivity contribution in [2.75, 3.05) is 6.61 Å². The summed E-state index contributed by atoms with van der Waals surface area (Å²) >= 11 is 0. The zero-order valence-corrected chi connectivity index (χ0v) is 11.1. The maximum atomic E-state index is 5.89. The van der Waals surface area contributed by atoms with Gasteiger partial charge in [0.25, 0.3) is 0 Å². The second-order valence-electron chi connectivity index (χ2n) is 5.10. The molecule has 19 heavy (non-hydrogen) atoms. The van der Waals surface area contributed by atoms with Gasteiger partial charge < -0.3 is 14.2 Å². The summed E-state index contributed by atoms with van der Waals surface area (Å²) in [7, 11) is 0. The lowest BCUT2D eigenvalue weighted by Crippen LogP contribution is -2.25. The maximum absolute atomic E-state index is 5.89. The van der Waals surface area contributed by atoms with Gasteiger partial charge in [-0.15, -0.1) is 0 Å². The summed E-state index contributed by atoms with van der Waals surface area (Å²) in [6.45, 7) is 4.44. The van der Waals surface area contributed by atoms with E-state index < -0.39 is 0 Å². The van der Waals surface area contributed by atoms with Gasteiger partial charge in [-0.3, -0.25) is 0 Å². The fourth-order valence-electron chi connectivity index (χ4n) is 2.84. The quantitative estimate of drug-likeness (QED) is 0.772. The van der Waals surface area contributed by atoms with Crippen LogP contribution in [0.25, 0.3) is 0 Å². The van der Waals surface area contributed by atoms with Gasteiger partial charge in [-0.1, -0.05) is 12.6 Å². The third-order valence-corrected chi connectivity index (χ3v) is 3.80. The molecule has 1 saturated heterocycles. The Balaban J connectivity index is 1.69. The van der Waals surface area contributed by atoms with Gasteiger partial charge in [0, 0.05) is 6.42 Å². The predicted molar refractivity (Wildman–Crippen MR) is 73.0 cm³/mol. The molecule has 2 aliphatic rings. The van der Waals surface area contributed by atoms with Crippen LogP contribution in [0.5, 0.6) is 5.75 Å². The van der Waals surface area contributed by atoms with E-state index in [4.69, 9.17) is 14.2 Å². The van der Waals surface area contributed by atoms with E-state index >= 15 is 0 Å². The van der Waals surface area contributed by atoms with Gasteiger partial charge in [0.2, 0.25) is 0 Å². The number of aryl methyl sites for hydroxylation is 1. The molecule has 0 bridgehead atoms. The fraction of sp³-hybridized carbons (Fsp3) is 0.500. The third-order valence-electron chi connectivity index (χ3n) is 3.80. The van der Waals surface area contributed by atoms with Crippen molar-refractivity contribution in [3.05, 3.63) is 42.2 Å². The van der Waals surface area contributed by atoms with Crippen LogP contribution in [0.2, 0.25) is 0 Å². The molecule has 3 nitrogen and oxygen atoms in total. The van der Waals surface area contributed by atoms with Gasteiger partial charge in [-0.2, -0.15) is 0 Å². The Hall–Kier alpha value is -1.48. The Labute approximate surface area is 114 Å². The zero-order valence-electron chi connectivity index (χ0n) is 11.1. The minimum absolute atomic E-state index is 0.0755. The monoisotopic (exact) mass is 260 g/mol.